The van der Waals surface area contributed by atoms with Crippen LogP contribution in [0.15, 0.2) is 18.3 Å². The van der Waals surface area contributed by atoms with Crippen LogP contribution in [-0.4, -0.2) is 22.8 Å². The van der Waals surface area contributed by atoms with E-state index >= 15 is 0 Å². The maximum absolute atomic E-state index is 11.9. The standard InChI is InChI=1S/C12H18N4O2.ClH/c1-7(2)10(11(14)17)16-12(18)8-3-4-15-9(5-8)6-13;/h3-5,7,10H,6,13H2,1-2H3,(H2,14,17)(H,16,18);1H. The molecule has 106 valence electrons. The first kappa shape index (κ1) is 17.3. The molecular formula is C12H19ClN4O2. The minimum Gasteiger partial charge on any atom is -0.368 e. The number of rotatable bonds is 5. The van der Waals surface area contributed by atoms with Crippen molar-refractivity contribution in [3.8, 4) is 0 Å². The maximum atomic E-state index is 11.9. The van der Waals surface area contributed by atoms with Crippen molar-refractivity contribution in [3.05, 3.63) is 29.6 Å². The number of nitrogens with two attached hydrogens (primary N) is 2. The van der Waals surface area contributed by atoms with Crippen LogP contribution in [0, 0.1) is 5.92 Å². The van der Waals surface area contributed by atoms with Crippen LogP contribution in [-0.2, 0) is 11.3 Å². The molecule has 0 bridgehead atoms. The van der Waals surface area contributed by atoms with E-state index in [2.05, 4.69) is 10.3 Å². The molecule has 1 atom stereocenters. The highest BCUT2D eigenvalue weighted by molar-refractivity contribution is 5.97. The first-order valence-electron chi connectivity index (χ1n) is 5.71. The topological polar surface area (TPSA) is 111 Å². The summed E-state index contributed by atoms with van der Waals surface area (Å²) in [5.74, 6) is -0.974. The van der Waals surface area contributed by atoms with E-state index in [1.165, 1.54) is 6.20 Å². The van der Waals surface area contributed by atoms with Crippen LogP contribution in [0.1, 0.15) is 29.9 Å². The normalized spacial score (nSPS) is 11.6. The molecule has 0 spiro atoms. The summed E-state index contributed by atoms with van der Waals surface area (Å²) in [6.45, 7) is 3.88. The molecule has 0 aliphatic carbocycles. The zero-order valence-electron chi connectivity index (χ0n) is 10.9. The van der Waals surface area contributed by atoms with Gasteiger partial charge in [-0.05, 0) is 18.1 Å². The molecule has 0 aromatic carbocycles. The molecule has 7 heteroatoms. The van der Waals surface area contributed by atoms with Gasteiger partial charge < -0.3 is 16.8 Å². The Kier molecular flexibility index (Phi) is 7.03. The predicted molar refractivity (Wildman–Crippen MR) is 74.7 cm³/mol. The number of carbonyl (C=O) groups is 2. The Labute approximate surface area is 118 Å². The van der Waals surface area contributed by atoms with Crippen LogP contribution in [0.5, 0.6) is 0 Å². The van der Waals surface area contributed by atoms with E-state index in [1.807, 2.05) is 13.8 Å². The van der Waals surface area contributed by atoms with Crippen molar-refractivity contribution < 1.29 is 9.59 Å². The van der Waals surface area contributed by atoms with Gasteiger partial charge in [-0.25, -0.2) is 0 Å². The predicted octanol–water partition coefficient (Wildman–Crippen LogP) is 0.202. The van der Waals surface area contributed by atoms with Gasteiger partial charge in [0.15, 0.2) is 0 Å². The Morgan fingerprint density at radius 2 is 2.05 bits per heavy atom. The molecule has 0 saturated carbocycles. The minimum absolute atomic E-state index is 0. The molecule has 6 nitrogen and oxygen atoms in total. The van der Waals surface area contributed by atoms with Crippen molar-refractivity contribution in [3.63, 3.8) is 0 Å². The van der Waals surface area contributed by atoms with Gasteiger partial charge in [-0.3, -0.25) is 14.6 Å². The summed E-state index contributed by atoms with van der Waals surface area (Å²) < 4.78 is 0. The lowest BCUT2D eigenvalue weighted by molar-refractivity contribution is -0.120. The molecular weight excluding hydrogens is 268 g/mol. The fourth-order valence-electron chi connectivity index (χ4n) is 1.52. The van der Waals surface area contributed by atoms with E-state index in [0.29, 0.717) is 11.3 Å². The molecule has 0 fully saturated rings. The Morgan fingerprint density at radius 1 is 1.42 bits per heavy atom. The summed E-state index contributed by atoms with van der Waals surface area (Å²) >= 11 is 0. The van der Waals surface area contributed by atoms with Crippen molar-refractivity contribution >= 4 is 24.2 Å². The third kappa shape index (κ3) is 4.84. The second kappa shape index (κ2) is 7.70. The molecule has 1 aromatic heterocycles. The average Bonchev–Trinajstić information content (AvgIpc) is 2.34. The molecule has 2 amide bonds. The van der Waals surface area contributed by atoms with E-state index in [1.54, 1.807) is 12.1 Å². The Balaban J connectivity index is 0.00000324. The lowest BCUT2D eigenvalue weighted by atomic mass is 10.0. The monoisotopic (exact) mass is 286 g/mol. The molecule has 1 aromatic rings. The molecule has 0 saturated heterocycles. The summed E-state index contributed by atoms with van der Waals surface area (Å²) in [5, 5.41) is 2.60. The van der Waals surface area contributed by atoms with Crippen molar-refractivity contribution in [2.75, 3.05) is 0 Å². The summed E-state index contributed by atoms with van der Waals surface area (Å²) in [6, 6.07) is 2.47. The number of halogens is 1. The molecule has 1 rings (SSSR count). The van der Waals surface area contributed by atoms with E-state index < -0.39 is 11.9 Å². The summed E-state index contributed by atoms with van der Waals surface area (Å²) in [7, 11) is 0. The quantitative estimate of drug-likeness (QED) is 0.718. The number of nitrogens with one attached hydrogen (secondary N) is 1. The molecule has 0 aliphatic heterocycles. The number of nitrogens with zero attached hydrogens (tertiary/aromatic N) is 1. The molecule has 19 heavy (non-hydrogen) atoms. The largest absolute Gasteiger partial charge is 0.368 e. The number of aromatic nitrogens is 1. The summed E-state index contributed by atoms with van der Waals surface area (Å²) in [6.07, 6.45) is 1.51. The van der Waals surface area contributed by atoms with Gasteiger partial charge in [0.05, 0.1) is 5.69 Å². The van der Waals surface area contributed by atoms with Gasteiger partial charge in [-0.15, -0.1) is 12.4 Å². The van der Waals surface area contributed by atoms with Crippen molar-refractivity contribution in [2.24, 2.45) is 17.4 Å². The summed E-state index contributed by atoms with van der Waals surface area (Å²) in [4.78, 5) is 27.1. The third-order valence-corrected chi connectivity index (χ3v) is 2.55. The first-order chi connectivity index (χ1) is 8.45. The van der Waals surface area contributed by atoms with Gasteiger partial charge in [0.1, 0.15) is 6.04 Å². The third-order valence-electron chi connectivity index (χ3n) is 2.55. The van der Waals surface area contributed by atoms with E-state index in [9.17, 15) is 9.59 Å². The van der Waals surface area contributed by atoms with Crippen molar-refractivity contribution in [2.45, 2.75) is 26.4 Å². The molecule has 1 heterocycles. The van der Waals surface area contributed by atoms with Crippen LogP contribution < -0.4 is 16.8 Å². The fraction of sp³-hybridized carbons (Fsp3) is 0.417. The van der Waals surface area contributed by atoms with Crippen molar-refractivity contribution in [1.29, 1.82) is 0 Å². The van der Waals surface area contributed by atoms with Gasteiger partial charge in [-0.1, -0.05) is 13.8 Å². The number of carbonyl (C=O) groups excluding carboxylic acids is 2. The number of hydrogen-bond donors (Lipinski definition) is 3. The highest BCUT2D eigenvalue weighted by Crippen LogP contribution is 2.05. The van der Waals surface area contributed by atoms with Crippen molar-refractivity contribution in [1.82, 2.24) is 10.3 Å². The van der Waals surface area contributed by atoms with Gasteiger partial charge in [0.2, 0.25) is 5.91 Å². The van der Waals surface area contributed by atoms with E-state index in [0.717, 1.165) is 0 Å². The van der Waals surface area contributed by atoms with Gasteiger partial charge in [0.25, 0.3) is 5.91 Å². The second-order valence-electron chi connectivity index (χ2n) is 4.34. The Morgan fingerprint density at radius 3 is 2.53 bits per heavy atom. The van der Waals surface area contributed by atoms with Gasteiger partial charge in [0, 0.05) is 18.3 Å². The SMILES string of the molecule is CC(C)C(NC(=O)c1ccnc(CN)c1)C(N)=O.Cl. The fourth-order valence-corrected chi connectivity index (χ4v) is 1.52. The van der Waals surface area contributed by atoms with E-state index in [-0.39, 0.29) is 30.8 Å². The lowest BCUT2D eigenvalue weighted by Gasteiger charge is -2.18. The maximum Gasteiger partial charge on any atom is 0.252 e. The second-order valence-corrected chi connectivity index (χ2v) is 4.34. The number of pyridine rings is 1. The number of amides is 2. The molecule has 0 radical (unpaired) electrons. The molecule has 5 N–H and O–H groups in total. The zero-order chi connectivity index (χ0) is 13.7. The Hall–Kier alpha value is -1.66. The first-order valence-corrected chi connectivity index (χ1v) is 5.71. The smallest absolute Gasteiger partial charge is 0.252 e. The van der Waals surface area contributed by atoms with Gasteiger partial charge >= 0.3 is 0 Å². The highest BCUT2D eigenvalue weighted by atomic mass is 35.5. The molecule has 1 unspecified atom stereocenters. The van der Waals surface area contributed by atoms with Crippen LogP contribution in [0.4, 0.5) is 0 Å². The van der Waals surface area contributed by atoms with E-state index in [4.69, 9.17) is 11.5 Å². The Bertz CT molecular complexity index is 451. The highest BCUT2D eigenvalue weighted by Gasteiger charge is 2.22. The molecule has 0 aliphatic rings. The van der Waals surface area contributed by atoms with Crippen LogP contribution >= 0.6 is 12.4 Å². The van der Waals surface area contributed by atoms with Crippen LogP contribution in [0.3, 0.4) is 0 Å². The average molecular weight is 287 g/mol. The number of primary amides is 1. The lowest BCUT2D eigenvalue weighted by Crippen LogP contribution is -2.47. The van der Waals surface area contributed by atoms with Crippen LogP contribution in [0.2, 0.25) is 0 Å². The summed E-state index contributed by atoms with van der Waals surface area (Å²) in [5.41, 5.74) is 11.7. The zero-order valence-corrected chi connectivity index (χ0v) is 11.7. The van der Waals surface area contributed by atoms with Crippen LogP contribution in [0.25, 0.3) is 0 Å². The van der Waals surface area contributed by atoms with Gasteiger partial charge in [-0.2, -0.15) is 0 Å². The minimum atomic E-state index is -0.688. The number of hydrogen-bond acceptors (Lipinski definition) is 4.